The molecule has 0 unspecified atom stereocenters. The SMILES string of the molecule is COC(CNC(=O)[C@@H](CO)NC(=O)OCc1ccccc1)OC. The summed E-state index contributed by atoms with van der Waals surface area (Å²) < 4.78 is 14.8. The number of benzene rings is 1. The molecule has 128 valence electrons. The Morgan fingerprint density at radius 1 is 1.17 bits per heavy atom. The van der Waals surface area contributed by atoms with Gasteiger partial charge in [-0.25, -0.2) is 4.79 Å². The zero-order chi connectivity index (χ0) is 17.1. The van der Waals surface area contributed by atoms with E-state index in [2.05, 4.69) is 10.6 Å². The summed E-state index contributed by atoms with van der Waals surface area (Å²) in [6.45, 7) is -0.401. The van der Waals surface area contributed by atoms with Crippen molar-refractivity contribution in [2.24, 2.45) is 0 Å². The van der Waals surface area contributed by atoms with Gasteiger partial charge in [-0.3, -0.25) is 4.79 Å². The summed E-state index contributed by atoms with van der Waals surface area (Å²) in [6, 6.07) is 7.99. The van der Waals surface area contributed by atoms with Crippen molar-refractivity contribution in [1.29, 1.82) is 0 Å². The first-order valence-corrected chi connectivity index (χ1v) is 7.02. The largest absolute Gasteiger partial charge is 0.445 e. The number of hydrogen-bond acceptors (Lipinski definition) is 6. The molecule has 0 fully saturated rings. The summed E-state index contributed by atoms with van der Waals surface area (Å²) in [5.74, 6) is -0.566. The number of hydrogen-bond donors (Lipinski definition) is 3. The standard InChI is InChI=1S/C15H22N2O6/c1-21-13(22-2)8-16-14(19)12(9-18)17-15(20)23-10-11-6-4-3-5-7-11/h3-7,12-13,18H,8-10H2,1-2H3,(H,16,19)(H,17,20)/t12-/m1/s1. The van der Waals surface area contributed by atoms with Crippen LogP contribution < -0.4 is 10.6 Å². The van der Waals surface area contributed by atoms with E-state index in [-0.39, 0.29) is 13.2 Å². The van der Waals surface area contributed by atoms with Crippen molar-refractivity contribution in [3.63, 3.8) is 0 Å². The topological polar surface area (TPSA) is 106 Å². The van der Waals surface area contributed by atoms with Crippen LogP contribution in [0.5, 0.6) is 0 Å². The maximum Gasteiger partial charge on any atom is 0.408 e. The molecule has 8 heteroatoms. The lowest BCUT2D eigenvalue weighted by Gasteiger charge is -2.18. The lowest BCUT2D eigenvalue weighted by atomic mass is 10.2. The van der Waals surface area contributed by atoms with Gasteiger partial charge in [0.15, 0.2) is 6.29 Å². The smallest absolute Gasteiger partial charge is 0.408 e. The molecule has 1 aromatic carbocycles. The number of ether oxygens (including phenoxy) is 3. The number of aliphatic hydroxyl groups excluding tert-OH is 1. The molecule has 2 amide bonds. The van der Waals surface area contributed by atoms with Gasteiger partial charge in [-0.15, -0.1) is 0 Å². The third kappa shape index (κ3) is 7.09. The van der Waals surface area contributed by atoms with Crippen molar-refractivity contribution in [1.82, 2.24) is 10.6 Å². The van der Waals surface area contributed by atoms with Crippen LogP contribution in [0.2, 0.25) is 0 Å². The lowest BCUT2D eigenvalue weighted by molar-refractivity contribution is -0.129. The van der Waals surface area contributed by atoms with Gasteiger partial charge in [0.05, 0.1) is 13.2 Å². The molecular formula is C15H22N2O6. The molecule has 0 bridgehead atoms. The Balaban J connectivity index is 2.38. The van der Waals surface area contributed by atoms with Crippen molar-refractivity contribution >= 4 is 12.0 Å². The van der Waals surface area contributed by atoms with Gasteiger partial charge in [0.2, 0.25) is 5.91 Å². The number of amides is 2. The second kappa shape index (κ2) is 10.5. The van der Waals surface area contributed by atoms with Crippen LogP contribution in [0.3, 0.4) is 0 Å². The average Bonchev–Trinajstić information content (AvgIpc) is 2.59. The molecule has 0 saturated carbocycles. The minimum atomic E-state index is -1.12. The van der Waals surface area contributed by atoms with E-state index >= 15 is 0 Å². The molecular weight excluding hydrogens is 304 g/mol. The molecule has 8 nitrogen and oxygen atoms in total. The molecule has 0 saturated heterocycles. The van der Waals surface area contributed by atoms with Crippen molar-refractivity contribution in [2.75, 3.05) is 27.4 Å². The molecule has 0 aliphatic rings. The summed E-state index contributed by atoms with van der Waals surface area (Å²) in [6.07, 6.45) is -1.40. The number of aliphatic hydroxyl groups is 1. The highest BCUT2D eigenvalue weighted by atomic mass is 16.7. The van der Waals surface area contributed by atoms with Gasteiger partial charge in [0.25, 0.3) is 0 Å². The van der Waals surface area contributed by atoms with Crippen LogP contribution in [0.15, 0.2) is 30.3 Å². The highest BCUT2D eigenvalue weighted by molar-refractivity contribution is 5.85. The molecule has 3 N–H and O–H groups in total. The van der Waals surface area contributed by atoms with Crippen molar-refractivity contribution in [3.8, 4) is 0 Å². The van der Waals surface area contributed by atoms with Gasteiger partial charge in [0, 0.05) is 14.2 Å². The van der Waals surface area contributed by atoms with Gasteiger partial charge in [-0.05, 0) is 5.56 Å². The molecule has 1 aromatic rings. The van der Waals surface area contributed by atoms with Gasteiger partial charge >= 0.3 is 6.09 Å². The molecule has 1 rings (SSSR count). The van der Waals surface area contributed by atoms with E-state index in [1.165, 1.54) is 14.2 Å². The Morgan fingerprint density at radius 2 is 1.83 bits per heavy atom. The molecule has 0 heterocycles. The van der Waals surface area contributed by atoms with Crippen molar-refractivity contribution in [2.45, 2.75) is 18.9 Å². The molecule has 0 aliphatic heterocycles. The highest BCUT2D eigenvalue weighted by Crippen LogP contribution is 2.00. The fourth-order valence-electron chi connectivity index (χ4n) is 1.67. The first kappa shape index (κ1) is 18.9. The Morgan fingerprint density at radius 3 is 2.39 bits per heavy atom. The number of nitrogens with one attached hydrogen (secondary N) is 2. The number of rotatable bonds is 9. The normalized spacial score (nSPS) is 11.8. The summed E-state index contributed by atoms with van der Waals surface area (Å²) >= 11 is 0. The minimum absolute atomic E-state index is 0.0713. The number of carbonyl (C=O) groups excluding carboxylic acids is 2. The predicted molar refractivity (Wildman–Crippen MR) is 81.5 cm³/mol. The Hall–Kier alpha value is -2.16. The fourth-order valence-corrected chi connectivity index (χ4v) is 1.67. The van der Waals surface area contributed by atoms with E-state index in [4.69, 9.17) is 14.2 Å². The van der Waals surface area contributed by atoms with E-state index in [9.17, 15) is 14.7 Å². The predicted octanol–water partition coefficient (Wildman–Crippen LogP) is 0.00880. The fraction of sp³-hybridized carbons (Fsp3) is 0.467. The van der Waals surface area contributed by atoms with Crippen molar-refractivity contribution in [3.05, 3.63) is 35.9 Å². The van der Waals surface area contributed by atoms with E-state index < -0.39 is 30.9 Å². The Kier molecular flexibility index (Phi) is 8.66. The minimum Gasteiger partial charge on any atom is -0.445 e. The average molecular weight is 326 g/mol. The molecule has 0 radical (unpaired) electrons. The Bertz CT molecular complexity index is 478. The van der Waals surface area contributed by atoms with Gasteiger partial charge in [0.1, 0.15) is 12.6 Å². The van der Waals surface area contributed by atoms with Crippen LogP contribution in [0.25, 0.3) is 0 Å². The van der Waals surface area contributed by atoms with Crippen LogP contribution >= 0.6 is 0 Å². The second-order valence-electron chi connectivity index (χ2n) is 4.59. The summed E-state index contributed by atoms with van der Waals surface area (Å²) in [4.78, 5) is 23.5. The maximum atomic E-state index is 11.9. The number of carbonyl (C=O) groups is 2. The van der Waals surface area contributed by atoms with E-state index in [0.29, 0.717) is 0 Å². The van der Waals surface area contributed by atoms with Crippen molar-refractivity contribution < 1.29 is 28.9 Å². The third-order valence-electron chi connectivity index (χ3n) is 2.97. The van der Waals surface area contributed by atoms with E-state index in [1.54, 1.807) is 12.1 Å². The summed E-state index contributed by atoms with van der Waals surface area (Å²) in [5, 5.41) is 14.0. The van der Waals surface area contributed by atoms with Crippen LogP contribution in [-0.4, -0.2) is 56.8 Å². The summed E-state index contributed by atoms with van der Waals surface area (Å²) in [7, 11) is 2.87. The maximum absolute atomic E-state index is 11.9. The molecule has 0 aliphatic carbocycles. The van der Waals surface area contributed by atoms with Crippen LogP contribution in [0, 0.1) is 0 Å². The van der Waals surface area contributed by atoms with Crippen LogP contribution in [-0.2, 0) is 25.6 Å². The van der Waals surface area contributed by atoms with E-state index in [0.717, 1.165) is 5.56 Å². The van der Waals surface area contributed by atoms with Gasteiger partial charge in [-0.2, -0.15) is 0 Å². The third-order valence-corrected chi connectivity index (χ3v) is 2.97. The van der Waals surface area contributed by atoms with Gasteiger partial charge < -0.3 is 30.0 Å². The molecule has 0 spiro atoms. The summed E-state index contributed by atoms with van der Waals surface area (Å²) in [5.41, 5.74) is 0.815. The van der Waals surface area contributed by atoms with Crippen LogP contribution in [0.1, 0.15) is 5.56 Å². The number of methoxy groups -OCH3 is 2. The second-order valence-corrected chi connectivity index (χ2v) is 4.59. The quantitative estimate of drug-likeness (QED) is 0.552. The molecule has 23 heavy (non-hydrogen) atoms. The molecule has 0 aromatic heterocycles. The monoisotopic (exact) mass is 326 g/mol. The highest BCUT2D eigenvalue weighted by Gasteiger charge is 2.21. The zero-order valence-electron chi connectivity index (χ0n) is 13.2. The Labute approximate surface area is 134 Å². The number of alkyl carbamates (subject to hydrolysis) is 1. The first-order chi connectivity index (χ1) is 11.1. The lowest BCUT2D eigenvalue weighted by Crippen LogP contribution is -2.50. The first-order valence-electron chi connectivity index (χ1n) is 7.02. The van der Waals surface area contributed by atoms with Crippen LogP contribution in [0.4, 0.5) is 4.79 Å². The van der Waals surface area contributed by atoms with Gasteiger partial charge in [-0.1, -0.05) is 30.3 Å². The zero-order valence-corrected chi connectivity index (χ0v) is 13.2. The molecule has 1 atom stereocenters. The van der Waals surface area contributed by atoms with E-state index in [1.807, 2.05) is 18.2 Å².